The van der Waals surface area contributed by atoms with E-state index in [1.165, 1.54) is 12.4 Å². The molecule has 0 bridgehead atoms. The summed E-state index contributed by atoms with van der Waals surface area (Å²) >= 11 is 0. The molecule has 1 aliphatic rings. The first-order chi connectivity index (χ1) is 18.0. The molecule has 0 aliphatic carbocycles. The maximum Gasteiger partial charge on any atom is 0.335 e. The molecule has 1 saturated heterocycles. The van der Waals surface area contributed by atoms with Gasteiger partial charge in [-0.3, -0.25) is 18.9 Å². The number of piperidine rings is 1. The predicted octanol–water partition coefficient (Wildman–Crippen LogP) is 3.54. The Hall–Kier alpha value is -4.44. The molecule has 0 spiro atoms. The normalized spacial score (nSPS) is 16.0. The highest BCUT2D eigenvalue weighted by molar-refractivity contribution is 5.86. The van der Waals surface area contributed by atoms with Crippen LogP contribution in [0.25, 0.3) is 16.9 Å². The van der Waals surface area contributed by atoms with Crippen LogP contribution in [0.1, 0.15) is 25.8 Å². The molecule has 3 heterocycles. The monoisotopic (exact) mass is 499 g/mol. The van der Waals surface area contributed by atoms with Gasteiger partial charge in [-0.1, -0.05) is 24.8 Å². The number of nitrogen functional groups attached to an aromatic ring is 1. The number of aromatic nitrogens is 4. The number of hydrazine groups is 1. The summed E-state index contributed by atoms with van der Waals surface area (Å²) in [6.07, 6.45) is 4.26. The number of para-hydroxylation sites is 1. The van der Waals surface area contributed by atoms with Crippen LogP contribution in [0, 0.1) is 0 Å². The molecule has 4 aromatic rings. The Bertz CT molecular complexity index is 1480. The first kappa shape index (κ1) is 24.3. The molecule has 1 aliphatic heterocycles. The second-order valence-corrected chi connectivity index (χ2v) is 8.79. The van der Waals surface area contributed by atoms with Crippen molar-refractivity contribution in [3.05, 3.63) is 84.1 Å². The fourth-order valence-electron chi connectivity index (χ4n) is 4.89. The molecule has 2 N–H and O–H groups in total. The third-order valence-corrected chi connectivity index (χ3v) is 6.56. The molecule has 5 rings (SSSR count). The molecule has 1 amide bonds. The summed E-state index contributed by atoms with van der Waals surface area (Å²) in [4.78, 5) is 34.9. The quantitative estimate of drug-likeness (QED) is 0.387. The van der Waals surface area contributed by atoms with Gasteiger partial charge in [0, 0.05) is 19.6 Å². The van der Waals surface area contributed by atoms with Crippen molar-refractivity contribution in [1.82, 2.24) is 29.1 Å². The summed E-state index contributed by atoms with van der Waals surface area (Å²) in [7, 11) is 0. The van der Waals surface area contributed by atoms with Crippen molar-refractivity contribution in [2.75, 3.05) is 25.4 Å². The molecule has 1 fully saturated rings. The maximum atomic E-state index is 13.9. The number of nitrogens with zero attached hydrogens (tertiary/aromatic N) is 6. The number of imidazole rings is 1. The van der Waals surface area contributed by atoms with Crippen LogP contribution >= 0.6 is 0 Å². The van der Waals surface area contributed by atoms with E-state index in [9.17, 15) is 9.59 Å². The number of rotatable bonds is 7. The van der Waals surface area contributed by atoms with E-state index in [1.807, 2.05) is 54.4 Å². The molecule has 37 heavy (non-hydrogen) atoms. The van der Waals surface area contributed by atoms with Gasteiger partial charge in [0.1, 0.15) is 23.3 Å². The summed E-state index contributed by atoms with van der Waals surface area (Å²) in [6.45, 7) is 7.26. The van der Waals surface area contributed by atoms with Crippen molar-refractivity contribution in [2.45, 2.75) is 25.8 Å². The number of carbonyl (C=O) groups excluding carboxylic acids is 1. The Kier molecular flexibility index (Phi) is 6.74. The number of hydrogen-bond acceptors (Lipinski definition) is 7. The molecule has 2 aromatic carbocycles. The van der Waals surface area contributed by atoms with Crippen molar-refractivity contribution in [2.24, 2.45) is 0 Å². The van der Waals surface area contributed by atoms with Crippen LogP contribution in [0.3, 0.4) is 0 Å². The van der Waals surface area contributed by atoms with Gasteiger partial charge in [-0.05, 0) is 62.2 Å². The van der Waals surface area contributed by atoms with E-state index in [0.29, 0.717) is 35.7 Å². The number of carbonyl (C=O) groups is 1. The fraction of sp³-hybridized carbons (Fsp3) is 0.259. The van der Waals surface area contributed by atoms with Crippen LogP contribution in [0.15, 0.2) is 78.4 Å². The predicted molar refractivity (Wildman–Crippen MR) is 141 cm³/mol. The minimum Gasteiger partial charge on any atom is -0.457 e. The van der Waals surface area contributed by atoms with Crippen LogP contribution in [0.4, 0.5) is 5.82 Å². The van der Waals surface area contributed by atoms with Crippen molar-refractivity contribution in [3.63, 3.8) is 0 Å². The van der Waals surface area contributed by atoms with Crippen LogP contribution in [-0.4, -0.2) is 54.7 Å². The molecular formula is C27H29N7O3. The molecule has 10 heteroatoms. The lowest BCUT2D eigenvalue weighted by Gasteiger charge is -2.39. The summed E-state index contributed by atoms with van der Waals surface area (Å²) in [6, 6.07) is 16.5. The van der Waals surface area contributed by atoms with Crippen molar-refractivity contribution >= 4 is 22.9 Å². The first-order valence-corrected chi connectivity index (χ1v) is 12.3. The lowest BCUT2D eigenvalue weighted by atomic mass is 10.1. The molecule has 1 atom stereocenters. The lowest BCUT2D eigenvalue weighted by molar-refractivity contribution is -0.146. The largest absolute Gasteiger partial charge is 0.457 e. The highest BCUT2D eigenvalue weighted by Gasteiger charge is 2.31. The molecule has 10 nitrogen and oxygen atoms in total. The van der Waals surface area contributed by atoms with Gasteiger partial charge in [0.2, 0.25) is 0 Å². The lowest BCUT2D eigenvalue weighted by Crippen LogP contribution is -2.51. The van der Waals surface area contributed by atoms with Gasteiger partial charge in [0.05, 0.1) is 11.7 Å². The van der Waals surface area contributed by atoms with E-state index in [2.05, 4.69) is 16.5 Å². The topological polar surface area (TPSA) is 112 Å². The van der Waals surface area contributed by atoms with Crippen LogP contribution in [0.5, 0.6) is 11.5 Å². The van der Waals surface area contributed by atoms with Gasteiger partial charge >= 0.3 is 5.69 Å². The van der Waals surface area contributed by atoms with Crippen LogP contribution in [-0.2, 0) is 4.79 Å². The SMILES string of the molecule is C=CC(=O)N(CC)N1CCC[C@@H](n2c(=O)n(-c3ccc(Oc4ccccc4)cc3)c3c(N)ncnc32)C1. The minimum atomic E-state index is -0.260. The zero-order valence-electron chi connectivity index (χ0n) is 20.7. The van der Waals surface area contributed by atoms with Crippen molar-refractivity contribution in [3.8, 4) is 17.2 Å². The molecule has 0 unspecified atom stereocenters. The van der Waals surface area contributed by atoms with E-state index in [4.69, 9.17) is 10.5 Å². The average molecular weight is 500 g/mol. The molecule has 2 aromatic heterocycles. The Morgan fingerprint density at radius 3 is 2.59 bits per heavy atom. The fourth-order valence-corrected chi connectivity index (χ4v) is 4.89. The Morgan fingerprint density at radius 1 is 1.16 bits per heavy atom. The molecule has 0 saturated carbocycles. The average Bonchev–Trinajstić information content (AvgIpc) is 3.23. The summed E-state index contributed by atoms with van der Waals surface area (Å²) in [5.74, 6) is 1.42. The zero-order valence-corrected chi connectivity index (χ0v) is 20.7. The van der Waals surface area contributed by atoms with E-state index >= 15 is 0 Å². The van der Waals surface area contributed by atoms with Gasteiger partial charge in [0.15, 0.2) is 11.5 Å². The molecule has 0 radical (unpaired) electrons. The number of benzene rings is 2. The number of anilines is 1. The number of amides is 1. The van der Waals surface area contributed by atoms with E-state index in [-0.39, 0.29) is 23.5 Å². The maximum absolute atomic E-state index is 13.9. The Balaban J connectivity index is 1.53. The number of likely N-dealkylation sites (N-methyl/N-ethyl adjacent to an activating group) is 1. The number of ether oxygens (including phenoxy) is 1. The second kappa shape index (κ2) is 10.3. The highest BCUT2D eigenvalue weighted by atomic mass is 16.5. The van der Waals surface area contributed by atoms with Gasteiger partial charge in [-0.2, -0.15) is 0 Å². The Morgan fingerprint density at radius 2 is 1.89 bits per heavy atom. The van der Waals surface area contributed by atoms with Crippen LogP contribution in [0.2, 0.25) is 0 Å². The van der Waals surface area contributed by atoms with Gasteiger partial charge in [-0.15, -0.1) is 0 Å². The Labute approximate surface area is 214 Å². The minimum absolute atomic E-state index is 0.165. The second-order valence-electron chi connectivity index (χ2n) is 8.79. The first-order valence-electron chi connectivity index (χ1n) is 12.3. The van der Waals surface area contributed by atoms with E-state index in [0.717, 1.165) is 25.1 Å². The smallest absolute Gasteiger partial charge is 0.335 e. The molecular weight excluding hydrogens is 470 g/mol. The number of hydrogen-bond donors (Lipinski definition) is 1. The van der Waals surface area contributed by atoms with E-state index in [1.54, 1.807) is 26.3 Å². The summed E-state index contributed by atoms with van der Waals surface area (Å²) in [5.41, 5.74) is 7.55. The van der Waals surface area contributed by atoms with Gasteiger partial charge in [0.25, 0.3) is 5.91 Å². The third kappa shape index (κ3) is 4.58. The van der Waals surface area contributed by atoms with Crippen LogP contribution < -0.4 is 16.2 Å². The highest BCUT2D eigenvalue weighted by Crippen LogP contribution is 2.29. The molecule has 190 valence electrons. The standard InChI is InChI=1S/C27H29N7O3/c1-3-23(35)32(4-2)31-16-8-9-20(17-31)34-26-24(25(28)29-18-30-26)33(27(34)36)19-12-14-22(15-13-19)37-21-10-6-5-7-11-21/h3,5-7,10-15,18,20H,1,4,8-9,16-17H2,2H3,(H2,28,29,30)/t20-/m1/s1. The van der Waals surface area contributed by atoms with Crippen molar-refractivity contribution < 1.29 is 9.53 Å². The third-order valence-electron chi connectivity index (χ3n) is 6.56. The van der Waals surface area contributed by atoms with Crippen molar-refractivity contribution in [1.29, 1.82) is 0 Å². The van der Waals surface area contributed by atoms with Gasteiger partial charge in [-0.25, -0.2) is 19.8 Å². The zero-order chi connectivity index (χ0) is 25.9. The summed E-state index contributed by atoms with van der Waals surface area (Å²) < 4.78 is 9.12. The van der Waals surface area contributed by atoms with E-state index < -0.39 is 0 Å². The number of nitrogens with two attached hydrogens (primary N) is 1. The van der Waals surface area contributed by atoms with Gasteiger partial charge < -0.3 is 10.5 Å². The number of fused-ring (bicyclic) bond motifs is 1. The summed E-state index contributed by atoms with van der Waals surface area (Å²) in [5, 5.41) is 3.65.